The molecule has 0 amide bonds. The smallest absolute Gasteiger partial charge is 0.351 e. The first kappa shape index (κ1) is 11.9. The van der Waals surface area contributed by atoms with Crippen LogP contribution in [0.5, 0.6) is 6.01 Å². The van der Waals surface area contributed by atoms with E-state index in [2.05, 4.69) is 21.0 Å². The van der Waals surface area contributed by atoms with Gasteiger partial charge in [0.15, 0.2) is 0 Å². The van der Waals surface area contributed by atoms with Crippen molar-refractivity contribution in [3.8, 4) is 17.4 Å². The van der Waals surface area contributed by atoms with Gasteiger partial charge in [0, 0.05) is 5.56 Å². The predicted octanol–water partition coefficient (Wildman–Crippen LogP) is 2.11. The van der Waals surface area contributed by atoms with Crippen LogP contribution in [0.3, 0.4) is 0 Å². The van der Waals surface area contributed by atoms with Gasteiger partial charge in [-0.25, -0.2) is 4.79 Å². The Morgan fingerprint density at radius 1 is 1.26 bits per heavy atom. The molecule has 5 heteroatoms. The highest BCUT2D eigenvalue weighted by Gasteiger charge is 2.23. The highest BCUT2D eigenvalue weighted by Crippen LogP contribution is 2.40. The largest absolute Gasteiger partial charge is 0.467 e. The molecule has 0 aliphatic heterocycles. The molecule has 0 unspecified atom stereocenters. The maximum atomic E-state index is 11.5. The third-order valence-corrected chi connectivity index (χ3v) is 3.57. The van der Waals surface area contributed by atoms with Gasteiger partial charge in [-0.2, -0.15) is 4.98 Å². The Labute approximate surface area is 110 Å². The minimum atomic E-state index is -0.440. The van der Waals surface area contributed by atoms with Crippen LogP contribution in [0.15, 0.2) is 29.1 Å². The zero-order chi connectivity index (χ0) is 13.2. The van der Waals surface area contributed by atoms with Crippen LogP contribution in [0.25, 0.3) is 11.4 Å². The van der Waals surface area contributed by atoms with E-state index < -0.39 is 5.69 Å². The fraction of sp³-hybridized carbons (Fsp3) is 0.357. The molecule has 0 saturated heterocycles. The monoisotopic (exact) mass is 257 g/mol. The zero-order valence-corrected chi connectivity index (χ0v) is 10.7. The van der Waals surface area contributed by atoms with E-state index in [0.29, 0.717) is 11.7 Å². The number of rotatable bonds is 3. The van der Waals surface area contributed by atoms with E-state index in [1.54, 1.807) is 0 Å². The summed E-state index contributed by atoms with van der Waals surface area (Å²) in [5.41, 5.74) is 1.76. The molecule has 1 fully saturated rings. The van der Waals surface area contributed by atoms with Crippen LogP contribution in [0.4, 0.5) is 0 Å². The van der Waals surface area contributed by atoms with Crippen LogP contribution < -0.4 is 10.4 Å². The van der Waals surface area contributed by atoms with Gasteiger partial charge in [0.05, 0.1) is 7.11 Å². The van der Waals surface area contributed by atoms with Gasteiger partial charge in [-0.1, -0.05) is 30.7 Å². The van der Waals surface area contributed by atoms with E-state index in [1.165, 1.54) is 31.9 Å². The number of H-pyrrole nitrogens is 1. The molecule has 0 radical (unpaired) electrons. The van der Waals surface area contributed by atoms with Gasteiger partial charge in [-0.05, 0) is 24.3 Å². The van der Waals surface area contributed by atoms with Gasteiger partial charge in [-0.15, -0.1) is 4.98 Å². The summed E-state index contributed by atoms with van der Waals surface area (Å²) < 4.78 is 4.96. The number of methoxy groups -OCH3 is 1. The summed E-state index contributed by atoms with van der Waals surface area (Å²) in [5.74, 6) is 1.10. The number of hydrogen-bond donors (Lipinski definition) is 1. The Morgan fingerprint density at radius 2 is 2.05 bits per heavy atom. The standard InChI is InChI=1S/C14H15N3O2/c1-19-14-16-12(15-13(18)17-14)11-8-3-2-7-10(11)9-5-4-6-9/h2-3,7-9H,4-6H2,1H3,(H,15,16,17,18). The number of nitrogens with one attached hydrogen (secondary N) is 1. The van der Waals surface area contributed by atoms with Crippen LogP contribution in [0, 0.1) is 0 Å². The first-order valence-corrected chi connectivity index (χ1v) is 6.39. The predicted molar refractivity (Wildman–Crippen MR) is 71.2 cm³/mol. The molecule has 98 valence electrons. The minimum absolute atomic E-state index is 0.0992. The molecule has 19 heavy (non-hydrogen) atoms. The van der Waals surface area contributed by atoms with Gasteiger partial charge in [-0.3, -0.25) is 4.98 Å². The molecule has 1 N–H and O–H groups in total. The highest BCUT2D eigenvalue weighted by atomic mass is 16.5. The van der Waals surface area contributed by atoms with Crippen LogP contribution >= 0.6 is 0 Å². The topological polar surface area (TPSA) is 67.9 Å². The highest BCUT2D eigenvalue weighted by molar-refractivity contribution is 5.61. The third kappa shape index (κ3) is 2.23. The summed E-state index contributed by atoms with van der Waals surface area (Å²) >= 11 is 0. The molecule has 2 aromatic rings. The van der Waals surface area contributed by atoms with E-state index in [0.717, 1.165) is 5.56 Å². The number of hydrogen-bond acceptors (Lipinski definition) is 4. The summed E-state index contributed by atoms with van der Waals surface area (Å²) in [6.07, 6.45) is 3.66. The molecule has 3 rings (SSSR count). The molecule has 1 aliphatic rings. The average molecular weight is 257 g/mol. The number of aromatic amines is 1. The van der Waals surface area contributed by atoms with E-state index >= 15 is 0 Å². The summed E-state index contributed by atoms with van der Waals surface area (Å²) in [6, 6.07) is 8.15. The number of ether oxygens (including phenoxy) is 1. The zero-order valence-electron chi connectivity index (χ0n) is 10.7. The normalized spacial score (nSPS) is 15.0. The summed E-state index contributed by atoms with van der Waals surface area (Å²) in [5, 5.41) is 0. The van der Waals surface area contributed by atoms with Gasteiger partial charge < -0.3 is 4.74 Å². The third-order valence-electron chi connectivity index (χ3n) is 3.57. The second-order valence-corrected chi connectivity index (χ2v) is 4.70. The summed E-state index contributed by atoms with van der Waals surface area (Å²) in [6.45, 7) is 0. The SMILES string of the molecule is COc1nc(-c2ccccc2C2CCC2)[nH]c(=O)n1. The lowest BCUT2D eigenvalue weighted by Crippen LogP contribution is -2.16. The van der Waals surface area contributed by atoms with Crippen LogP contribution in [-0.4, -0.2) is 22.1 Å². The van der Waals surface area contributed by atoms with Crippen molar-refractivity contribution in [2.24, 2.45) is 0 Å². The van der Waals surface area contributed by atoms with Crippen molar-refractivity contribution in [2.45, 2.75) is 25.2 Å². The van der Waals surface area contributed by atoms with E-state index in [9.17, 15) is 4.79 Å². The van der Waals surface area contributed by atoms with Crippen molar-refractivity contribution in [3.63, 3.8) is 0 Å². The second-order valence-electron chi connectivity index (χ2n) is 4.70. The van der Waals surface area contributed by atoms with Crippen molar-refractivity contribution in [1.29, 1.82) is 0 Å². The lowest BCUT2D eigenvalue weighted by molar-refractivity contribution is 0.376. The van der Waals surface area contributed by atoms with Crippen LogP contribution in [0.1, 0.15) is 30.7 Å². The van der Waals surface area contributed by atoms with Gasteiger partial charge in [0.2, 0.25) is 0 Å². The van der Waals surface area contributed by atoms with E-state index in [4.69, 9.17) is 4.74 Å². The van der Waals surface area contributed by atoms with Crippen molar-refractivity contribution in [1.82, 2.24) is 15.0 Å². The number of nitrogens with zero attached hydrogens (tertiary/aromatic N) is 2. The van der Waals surface area contributed by atoms with Crippen molar-refractivity contribution in [2.75, 3.05) is 7.11 Å². The molecule has 1 aromatic heterocycles. The van der Waals surface area contributed by atoms with Crippen molar-refractivity contribution >= 4 is 0 Å². The van der Waals surface area contributed by atoms with E-state index in [-0.39, 0.29) is 6.01 Å². The Kier molecular flexibility index (Phi) is 3.03. The first-order chi connectivity index (χ1) is 9.28. The van der Waals surface area contributed by atoms with Crippen molar-refractivity contribution in [3.05, 3.63) is 40.3 Å². The molecule has 1 aliphatic carbocycles. The lowest BCUT2D eigenvalue weighted by Gasteiger charge is -2.27. The maximum Gasteiger partial charge on any atom is 0.351 e. The summed E-state index contributed by atoms with van der Waals surface area (Å²) in [7, 11) is 1.45. The Balaban J connectivity index is 2.11. The second kappa shape index (κ2) is 4.84. The molecule has 0 spiro atoms. The molecular weight excluding hydrogens is 242 g/mol. The van der Waals surface area contributed by atoms with Gasteiger partial charge >= 0.3 is 11.7 Å². The number of benzene rings is 1. The molecular formula is C14H15N3O2. The van der Waals surface area contributed by atoms with E-state index in [1.807, 2.05) is 18.2 Å². The lowest BCUT2D eigenvalue weighted by atomic mass is 9.78. The first-order valence-electron chi connectivity index (χ1n) is 6.39. The molecule has 0 bridgehead atoms. The minimum Gasteiger partial charge on any atom is -0.467 e. The van der Waals surface area contributed by atoms with Gasteiger partial charge in [0.25, 0.3) is 0 Å². The Bertz CT molecular complexity index is 647. The number of aromatic nitrogens is 3. The van der Waals surface area contributed by atoms with Crippen LogP contribution in [0.2, 0.25) is 0 Å². The van der Waals surface area contributed by atoms with Crippen LogP contribution in [-0.2, 0) is 0 Å². The molecule has 1 aromatic carbocycles. The quantitative estimate of drug-likeness (QED) is 0.914. The molecule has 1 heterocycles. The fourth-order valence-corrected chi connectivity index (χ4v) is 2.37. The molecule has 5 nitrogen and oxygen atoms in total. The van der Waals surface area contributed by atoms with Gasteiger partial charge in [0.1, 0.15) is 5.82 Å². The summed E-state index contributed by atoms with van der Waals surface area (Å²) in [4.78, 5) is 22.1. The Hall–Kier alpha value is -2.17. The average Bonchev–Trinajstić information content (AvgIpc) is 2.36. The van der Waals surface area contributed by atoms with Crippen molar-refractivity contribution < 1.29 is 4.74 Å². The fourth-order valence-electron chi connectivity index (χ4n) is 2.37. The Morgan fingerprint density at radius 3 is 2.74 bits per heavy atom. The maximum absolute atomic E-state index is 11.5. The molecule has 1 saturated carbocycles. The molecule has 0 atom stereocenters.